The third kappa shape index (κ3) is 3.95. The maximum Gasteiger partial charge on any atom is 0.154 e. The summed E-state index contributed by atoms with van der Waals surface area (Å²) in [5, 5.41) is 3.14. The van der Waals surface area contributed by atoms with Gasteiger partial charge in [-0.25, -0.2) is 8.42 Å². The van der Waals surface area contributed by atoms with Crippen molar-refractivity contribution in [3.63, 3.8) is 0 Å². The van der Waals surface area contributed by atoms with Crippen molar-refractivity contribution in [1.82, 2.24) is 5.32 Å². The molecule has 1 saturated heterocycles. The summed E-state index contributed by atoms with van der Waals surface area (Å²) in [6.07, 6.45) is 5.55. The van der Waals surface area contributed by atoms with Crippen molar-refractivity contribution in [3.05, 3.63) is 12.7 Å². The normalized spacial score (nSPS) is 26.3. The monoisotopic (exact) mass is 231 g/mol. The van der Waals surface area contributed by atoms with E-state index in [2.05, 4.69) is 18.8 Å². The lowest BCUT2D eigenvalue weighted by Gasteiger charge is -2.16. The van der Waals surface area contributed by atoms with Gasteiger partial charge in [-0.05, 0) is 32.6 Å². The fourth-order valence-electron chi connectivity index (χ4n) is 1.89. The van der Waals surface area contributed by atoms with E-state index in [-0.39, 0.29) is 5.25 Å². The second-order valence-electron chi connectivity index (χ2n) is 4.31. The topological polar surface area (TPSA) is 46.2 Å². The average molecular weight is 231 g/mol. The predicted molar refractivity (Wildman–Crippen MR) is 63.7 cm³/mol. The minimum atomic E-state index is -2.79. The number of hydrogen-bond acceptors (Lipinski definition) is 3. The third-order valence-corrected chi connectivity index (χ3v) is 5.24. The van der Waals surface area contributed by atoms with Crippen LogP contribution in [0.4, 0.5) is 0 Å². The van der Waals surface area contributed by atoms with E-state index in [0.29, 0.717) is 18.3 Å². The van der Waals surface area contributed by atoms with E-state index >= 15 is 0 Å². The summed E-state index contributed by atoms with van der Waals surface area (Å²) in [6.45, 7) is 6.37. The summed E-state index contributed by atoms with van der Waals surface area (Å²) in [7, 11) is -2.79. The van der Waals surface area contributed by atoms with Crippen molar-refractivity contribution in [2.24, 2.45) is 0 Å². The van der Waals surface area contributed by atoms with Crippen LogP contribution in [0.15, 0.2) is 12.7 Å². The Morgan fingerprint density at radius 1 is 1.60 bits per heavy atom. The predicted octanol–water partition coefficient (Wildman–Crippen LogP) is 1.51. The van der Waals surface area contributed by atoms with Gasteiger partial charge in [0.15, 0.2) is 9.84 Å². The summed E-state index contributed by atoms with van der Waals surface area (Å²) in [5.41, 5.74) is 0. The van der Waals surface area contributed by atoms with Crippen LogP contribution in [0.25, 0.3) is 0 Å². The maximum atomic E-state index is 11.5. The molecule has 1 aliphatic heterocycles. The van der Waals surface area contributed by atoms with Crippen molar-refractivity contribution in [3.8, 4) is 0 Å². The van der Waals surface area contributed by atoms with Gasteiger partial charge < -0.3 is 5.32 Å². The second kappa shape index (κ2) is 5.66. The van der Waals surface area contributed by atoms with Gasteiger partial charge in [-0.3, -0.25) is 0 Å². The van der Waals surface area contributed by atoms with Crippen molar-refractivity contribution in [2.45, 2.75) is 43.9 Å². The molecular formula is C11H21NO2S. The lowest BCUT2D eigenvalue weighted by molar-refractivity contribution is 0.502. The molecule has 3 nitrogen and oxygen atoms in total. The highest BCUT2D eigenvalue weighted by Crippen LogP contribution is 2.19. The Bertz CT molecular complexity index is 298. The molecule has 88 valence electrons. The first-order valence-corrected chi connectivity index (χ1v) is 7.33. The largest absolute Gasteiger partial charge is 0.313 e. The fraction of sp³-hybridized carbons (Fsp3) is 0.818. The molecule has 0 bridgehead atoms. The molecule has 0 aliphatic carbocycles. The maximum absolute atomic E-state index is 11.5. The van der Waals surface area contributed by atoms with Gasteiger partial charge in [0.1, 0.15) is 0 Å². The van der Waals surface area contributed by atoms with Crippen LogP contribution in [-0.4, -0.2) is 32.0 Å². The van der Waals surface area contributed by atoms with Crippen LogP contribution >= 0.6 is 0 Å². The van der Waals surface area contributed by atoms with E-state index in [1.54, 1.807) is 0 Å². The molecule has 0 aromatic rings. The number of rotatable bonds is 6. The Balaban J connectivity index is 2.28. The average Bonchev–Trinajstić information content (AvgIpc) is 2.51. The molecule has 0 radical (unpaired) electrons. The van der Waals surface area contributed by atoms with Crippen molar-refractivity contribution in [2.75, 3.05) is 12.3 Å². The molecule has 1 N–H and O–H groups in total. The smallest absolute Gasteiger partial charge is 0.154 e. The van der Waals surface area contributed by atoms with Crippen LogP contribution < -0.4 is 5.32 Å². The number of allylic oxidation sites excluding steroid dienone is 1. The highest BCUT2D eigenvalue weighted by Gasteiger charge is 2.30. The van der Waals surface area contributed by atoms with Gasteiger partial charge in [-0.15, -0.1) is 6.58 Å². The van der Waals surface area contributed by atoms with E-state index in [1.807, 2.05) is 6.08 Å². The molecule has 1 fully saturated rings. The van der Waals surface area contributed by atoms with E-state index in [4.69, 9.17) is 0 Å². The van der Waals surface area contributed by atoms with Gasteiger partial charge in [-0.1, -0.05) is 6.08 Å². The summed E-state index contributed by atoms with van der Waals surface area (Å²) < 4.78 is 23.1. The lowest BCUT2D eigenvalue weighted by Crippen LogP contribution is -2.35. The Labute approximate surface area is 92.9 Å². The summed E-state index contributed by atoms with van der Waals surface area (Å²) in [4.78, 5) is 0. The molecule has 0 saturated carbocycles. The third-order valence-electron chi connectivity index (χ3n) is 2.96. The molecule has 1 heterocycles. The van der Waals surface area contributed by atoms with Crippen LogP contribution in [0.5, 0.6) is 0 Å². The van der Waals surface area contributed by atoms with E-state index < -0.39 is 9.84 Å². The zero-order valence-corrected chi connectivity index (χ0v) is 10.2. The summed E-state index contributed by atoms with van der Waals surface area (Å²) in [5.74, 6) is 0.375. The van der Waals surface area contributed by atoms with Crippen molar-refractivity contribution >= 4 is 9.84 Å². The molecule has 15 heavy (non-hydrogen) atoms. The standard InChI is InChI=1S/C11H21NO2S/c1-3-4-6-10(2)12-9-11-7-5-8-15(11,13)14/h3,10-12H,1,4-9H2,2H3/t10-,11+/m0/s1. The van der Waals surface area contributed by atoms with Gasteiger partial charge in [0.05, 0.1) is 11.0 Å². The first-order valence-electron chi connectivity index (χ1n) is 5.62. The summed E-state index contributed by atoms with van der Waals surface area (Å²) in [6, 6.07) is 0.374. The quantitative estimate of drug-likeness (QED) is 0.705. The molecule has 1 aliphatic rings. The Hall–Kier alpha value is -0.350. The van der Waals surface area contributed by atoms with Gasteiger partial charge in [0, 0.05) is 12.6 Å². The highest BCUT2D eigenvalue weighted by atomic mass is 32.2. The van der Waals surface area contributed by atoms with E-state index in [1.165, 1.54) is 0 Å². The first kappa shape index (κ1) is 12.7. The van der Waals surface area contributed by atoms with Crippen molar-refractivity contribution in [1.29, 1.82) is 0 Å². The molecule has 0 spiro atoms. The first-order chi connectivity index (χ1) is 7.06. The van der Waals surface area contributed by atoms with Gasteiger partial charge in [-0.2, -0.15) is 0 Å². The molecule has 2 atom stereocenters. The number of nitrogens with one attached hydrogen (secondary N) is 1. The van der Waals surface area contributed by atoms with Crippen LogP contribution in [0.2, 0.25) is 0 Å². The van der Waals surface area contributed by atoms with E-state index in [0.717, 1.165) is 25.7 Å². The number of sulfone groups is 1. The molecule has 4 heteroatoms. The zero-order chi connectivity index (χ0) is 11.3. The Morgan fingerprint density at radius 2 is 2.33 bits per heavy atom. The SMILES string of the molecule is C=CCC[C@H](C)NC[C@H]1CCCS1(=O)=O. The van der Waals surface area contributed by atoms with Gasteiger partial charge in [0.25, 0.3) is 0 Å². The fourth-order valence-corrected chi connectivity index (χ4v) is 3.67. The van der Waals surface area contributed by atoms with Crippen LogP contribution in [0, 0.1) is 0 Å². The molecule has 0 aromatic heterocycles. The second-order valence-corrected chi connectivity index (χ2v) is 6.71. The molecule has 1 rings (SSSR count). The zero-order valence-electron chi connectivity index (χ0n) is 9.41. The van der Waals surface area contributed by atoms with E-state index in [9.17, 15) is 8.42 Å². The Kier molecular flexibility index (Phi) is 4.80. The molecule has 0 amide bonds. The Morgan fingerprint density at radius 3 is 2.87 bits per heavy atom. The van der Waals surface area contributed by atoms with Crippen LogP contribution in [0.1, 0.15) is 32.6 Å². The highest BCUT2D eigenvalue weighted by molar-refractivity contribution is 7.92. The molecule has 0 unspecified atom stereocenters. The minimum Gasteiger partial charge on any atom is -0.313 e. The van der Waals surface area contributed by atoms with Gasteiger partial charge >= 0.3 is 0 Å². The van der Waals surface area contributed by atoms with Crippen LogP contribution in [0.3, 0.4) is 0 Å². The lowest BCUT2D eigenvalue weighted by atomic mass is 10.1. The minimum absolute atomic E-state index is 0.149. The summed E-state index contributed by atoms with van der Waals surface area (Å²) >= 11 is 0. The number of hydrogen-bond donors (Lipinski definition) is 1. The molecular weight excluding hydrogens is 210 g/mol. The van der Waals surface area contributed by atoms with Crippen molar-refractivity contribution < 1.29 is 8.42 Å². The van der Waals surface area contributed by atoms with Gasteiger partial charge in [0.2, 0.25) is 0 Å². The molecule has 0 aromatic carbocycles. The van der Waals surface area contributed by atoms with Crippen LogP contribution in [-0.2, 0) is 9.84 Å².